The number of ether oxygens (including phenoxy) is 1. The van der Waals surface area contributed by atoms with Crippen molar-refractivity contribution in [2.24, 2.45) is 0 Å². The third-order valence-electron chi connectivity index (χ3n) is 7.44. The number of anilines is 3. The molecule has 0 unspecified atom stereocenters. The number of likely N-dealkylation sites (N-methyl/N-ethyl adjacent to an activating group) is 1. The Bertz CT molecular complexity index is 1240. The number of methoxy groups -OCH3 is 1. The van der Waals surface area contributed by atoms with Gasteiger partial charge in [0.15, 0.2) is 0 Å². The van der Waals surface area contributed by atoms with Gasteiger partial charge in [-0.2, -0.15) is 4.98 Å². The van der Waals surface area contributed by atoms with Crippen LogP contribution in [0, 0.1) is 6.92 Å². The summed E-state index contributed by atoms with van der Waals surface area (Å²) >= 11 is 0. The number of hydrogen-bond acceptors (Lipinski definition) is 7. The van der Waals surface area contributed by atoms with E-state index in [2.05, 4.69) is 39.3 Å². The number of pyridine rings is 1. The first-order valence-corrected chi connectivity index (χ1v) is 12.8. The molecule has 0 atom stereocenters. The molecule has 0 radical (unpaired) electrons. The summed E-state index contributed by atoms with van der Waals surface area (Å²) in [4.78, 5) is 27.4. The van der Waals surface area contributed by atoms with Crippen molar-refractivity contribution in [2.75, 3.05) is 50.6 Å². The van der Waals surface area contributed by atoms with Gasteiger partial charge in [-0.15, -0.1) is 0 Å². The van der Waals surface area contributed by atoms with Crippen molar-refractivity contribution >= 4 is 28.4 Å². The Morgan fingerprint density at radius 1 is 1.03 bits per heavy atom. The minimum atomic E-state index is 0.0585. The highest BCUT2D eigenvalue weighted by Gasteiger charge is 2.21. The van der Waals surface area contributed by atoms with Gasteiger partial charge >= 0.3 is 0 Å². The number of nitrogens with one attached hydrogen (secondary N) is 1. The fourth-order valence-corrected chi connectivity index (χ4v) is 5.34. The van der Waals surface area contributed by atoms with Crippen LogP contribution in [0.2, 0.25) is 0 Å². The summed E-state index contributed by atoms with van der Waals surface area (Å²) < 4.78 is 7.64. The summed E-state index contributed by atoms with van der Waals surface area (Å²) in [5.41, 5.74) is 3.46. The second-order valence-electron chi connectivity index (χ2n) is 9.92. The van der Waals surface area contributed by atoms with Crippen molar-refractivity contribution in [3.8, 4) is 5.75 Å². The molecule has 8 heteroatoms. The molecule has 0 amide bonds. The van der Waals surface area contributed by atoms with Gasteiger partial charge < -0.3 is 19.9 Å². The molecular weight excluding hydrogens is 440 g/mol. The molecule has 0 bridgehead atoms. The predicted molar refractivity (Wildman–Crippen MR) is 141 cm³/mol. The Kier molecular flexibility index (Phi) is 6.90. The van der Waals surface area contributed by atoms with Crippen LogP contribution in [-0.4, -0.2) is 59.8 Å². The topological polar surface area (TPSA) is 75.5 Å². The number of benzene rings is 1. The third kappa shape index (κ3) is 4.98. The molecule has 1 aromatic carbocycles. The lowest BCUT2D eigenvalue weighted by Crippen LogP contribution is -2.44. The summed E-state index contributed by atoms with van der Waals surface area (Å²) in [5, 5.41) is 4.24. The molecule has 2 aliphatic rings. The Morgan fingerprint density at radius 3 is 2.49 bits per heavy atom. The largest absolute Gasteiger partial charge is 0.494 e. The van der Waals surface area contributed by atoms with Crippen molar-refractivity contribution in [2.45, 2.75) is 51.5 Å². The molecule has 35 heavy (non-hydrogen) atoms. The van der Waals surface area contributed by atoms with Gasteiger partial charge in [0.2, 0.25) is 5.95 Å². The average molecular weight is 477 g/mol. The second-order valence-corrected chi connectivity index (χ2v) is 9.92. The number of rotatable bonds is 5. The van der Waals surface area contributed by atoms with Gasteiger partial charge in [0.25, 0.3) is 5.56 Å². The van der Waals surface area contributed by atoms with Crippen LogP contribution in [0.1, 0.15) is 50.1 Å². The Balaban J connectivity index is 1.47. The van der Waals surface area contributed by atoms with Crippen molar-refractivity contribution in [1.29, 1.82) is 0 Å². The molecule has 3 aromatic rings. The third-order valence-corrected chi connectivity index (χ3v) is 7.44. The van der Waals surface area contributed by atoms with Crippen LogP contribution < -0.4 is 20.5 Å². The zero-order valence-electron chi connectivity index (χ0n) is 21.1. The van der Waals surface area contributed by atoms with Crippen molar-refractivity contribution in [3.63, 3.8) is 0 Å². The smallest absolute Gasteiger partial charge is 0.255 e. The van der Waals surface area contributed by atoms with Crippen LogP contribution in [0.3, 0.4) is 0 Å². The van der Waals surface area contributed by atoms with Gasteiger partial charge in [0, 0.05) is 61.1 Å². The zero-order chi connectivity index (χ0) is 24.4. The highest BCUT2D eigenvalue weighted by Crippen LogP contribution is 2.33. The van der Waals surface area contributed by atoms with Gasteiger partial charge in [0.05, 0.1) is 12.8 Å². The summed E-state index contributed by atoms with van der Waals surface area (Å²) in [6, 6.07) is 8.29. The first-order valence-electron chi connectivity index (χ1n) is 12.8. The maximum atomic E-state index is 13.2. The van der Waals surface area contributed by atoms with Gasteiger partial charge in [-0.05, 0) is 45.0 Å². The zero-order valence-corrected chi connectivity index (χ0v) is 21.1. The molecule has 1 saturated carbocycles. The number of aryl methyl sites for hydroxylation is 1. The predicted octanol–water partition coefficient (Wildman–Crippen LogP) is 4.50. The SMILES string of the molecule is COc1cc(N2CCN(C)CC2)ccc1Nc1ncc2cc(C)c(=O)n(C3CCCCCC3)c2n1. The van der Waals surface area contributed by atoms with E-state index in [1.165, 1.54) is 12.8 Å². The first-order chi connectivity index (χ1) is 17.0. The minimum Gasteiger partial charge on any atom is -0.494 e. The standard InChI is InChI=1S/C27H36N6O2/c1-19-16-20-18-28-27(30-25(20)33(26(19)34)21-8-6-4-5-7-9-21)29-23-11-10-22(17-24(23)35-3)32-14-12-31(2)13-15-32/h10-11,16-18,21H,4-9,12-15H2,1-3H3,(H,28,29,30). The highest BCUT2D eigenvalue weighted by atomic mass is 16.5. The van der Waals surface area contributed by atoms with Crippen LogP contribution >= 0.6 is 0 Å². The number of hydrogen-bond donors (Lipinski definition) is 1. The molecule has 8 nitrogen and oxygen atoms in total. The van der Waals surface area contributed by atoms with E-state index < -0.39 is 0 Å². The van der Waals surface area contributed by atoms with Crippen LogP contribution in [0.4, 0.5) is 17.3 Å². The van der Waals surface area contributed by atoms with Crippen LogP contribution in [-0.2, 0) is 0 Å². The normalized spacial score (nSPS) is 18.0. The Morgan fingerprint density at radius 2 is 1.77 bits per heavy atom. The Hall–Kier alpha value is -3.13. The Labute approximate surface area is 206 Å². The summed E-state index contributed by atoms with van der Waals surface area (Å²) in [6.07, 6.45) is 8.63. The highest BCUT2D eigenvalue weighted by molar-refractivity contribution is 5.77. The van der Waals surface area contributed by atoms with Crippen LogP contribution in [0.25, 0.3) is 11.0 Å². The van der Waals surface area contributed by atoms with Crippen LogP contribution in [0.5, 0.6) is 5.75 Å². The lowest BCUT2D eigenvalue weighted by atomic mass is 10.1. The van der Waals surface area contributed by atoms with Gasteiger partial charge in [-0.1, -0.05) is 25.7 Å². The molecule has 2 aromatic heterocycles. The quantitative estimate of drug-likeness (QED) is 0.544. The minimum absolute atomic E-state index is 0.0585. The lowest BCUT2D eigenvalue weighted by molar-refractivity contribution is 0.312. The lowest BCUT2D eigenvalue weighted by Gasteiger charge is -2.34. The number of piperazine rings is 1. The van der Waals surface area contributed by atoms with Crippen molar-refractivity contribution in [3.05, 3.63) is 46.4 Å². The molecule has 0 spiro atoms. The number of aromatic nitrogens is 3. The maximum Gasteiger partial charge on any atom is 0.255 e. The number of nitrogens with zero attached hydrogens (tertiary/aromatic N) is 5. The molecule has 5 rings (SSSR count). The van der Waals surface area contributed by atoms with E-state index in [1.807, 2.05) is 29.8 Å². The fraction of sp³-hybridized carbons (Fsp3) is 0.519. The molecule has 2 fully saturated rings. The van der Waals surface area contributed by atoms with E-state index in [1.54, 1.807) is 7.11 Å². The first kappa shape index (κ1) is 23.6. The van der Waals surface area contributed by atoms with E-state index in [0.29, 0.717) is 11.6 Å². The molecule has 1 aliphatic heterocycles. The second kappa shape index (κ2) is 10.2. The molecule has 186 valence electrons. The molecule has 1 saturated heterocycles. The summed E-state index contributed by atoms with van der Waals surface area (Å²) in [5.74, 6) is 1.21. The average Bonchev–Trinajstić information content (AvgIpc) is 3.15. The number of fused-ring (bicyclic) bond motifs is 1. The molecular formula is C27H36N6O2. The van der Waals surface area contributed by atoms with Gasteiger partial charge in [-0.25, -0.2) is 4.98 Å². The van der Waals surface area contributed by atoms with E-state index in [-0.39, 0.29) is 11.6 Å². The molecule has 3 heterocycles. The summed E-state index contributed by atoms with van der Waals surface area (Å²) in [6.45, 7) is 5.98. The summed E-state index contributed by atoms with van der Waals surface area (Å²) in [7, 11) is 3.84. The van der Waals surface area contributed by atoms with E-state index in [9.17, 15) is 4.79 Å². The van der Waals surface area contributed by atoms with E-state index in [4.69, 9.17) is 9.72 Å². The monoisotopic (exact) mass is 476 g/mol. The van der Waals surface area contributed by atoms with Gasteiger partial charge in [-0.3, -0.25) is 9.36 Å². The molecule has 1 aliphatic carbocycles. The molecule has 1 N–H and O–H groups in total. The van der Waals surface area contributed by atoms with E-state index in [0.717, 1.165) is 79.9 Å². The van der Waals surface area contributed by atoms with Gasteiger partial charge in [0.1, 0.15) is 11.4 Å². The van der Waals surface area contributed by atoms with E-state index >= 15 is 0 Å². The fourth-order valence-electron chi connectivity index (χ4n) is 5.34. The maximum absolute atomic E-state index is 13.2. The van der Waals surface area contributed by atoms with Crippen molar-refractivity contribution in [1.82, 2.24) is 19.4 Å². The van der Waals surface area contributed by atoms with Crippen molar-refractivity contribution < 1.29 is 4.74 Å². The van der Waals surface area contributed by atoms with Crippen LogP contribution in [0.15, 0.2) is 35.3 Å².